The van der Waals surface area contributed by atoms with E-state index >= 15 is 0 Å². The number of amides is 2. The van der Waals surface area contributed by atoms with Crippen molar-refractivity contribution in [2.45, 2.75) is 32.1 Å². The fourth-order valence-corrected chi connectivity index (χ4v) is 2.93. The lowest BCUT2D eigenvalue weighted by atomic mass is 10.0. The van der Waals surface area contributed by atoms with Gasteiger partial charge in [0, 0.05) is 24.9 Å². The average molecular weight is 236 g/mol. The maximum absolute atomic E-state index is 11.8. The average Bonchev–Trinajstić information content (AvgIpc) is 3.24. The SMILES string of the molecule is O=C(NCCNC(=O)C1CC2CC2C1)C1CC1. The van der Waals surface area contributed by atoms with Crippen LogP contribution in [-0.4, -0.2) is 24.9 Å². The van der Waals surface area contributed by atoms with E-state index in [4.69, 9.17) is 0 Å². The number of hydrogen-bond donors (Lipinski definition) is 2. The van der Waals surface area contributed by atoms with Crippen LogP contribution in [0.3, 0.4) is 0 Å². The third kappa shape index (κ3) is 2.61. The molecule has 0 heterocycles. The Labute approximate surface area is 102 Å². The van der Waals surface area contributed by atoms with Crippen LogP contribution in [0.4, 0.5) is 0 Å². The van der Waals surface area contributed by atoms with Gasteiger partial charge in [0.2, 0.25) is 11.8 Å². The molecule has 0 radical (unpaired) electrons. The Morgan fingerprint density at radius 2 is 1.35 bits per heavy atom. The highest BCUT2D eigenvalue weighted by Crippen LogP contribution is 2.54. The van der Waals surface area contributed by atoms with Crippen LogP contribution in [0.1, 0.15) is 32.1 Å². The Balaban J connectivity index is 1.28. The molecule has 0 aromatic heterocycles. The maximum Gasteiger partial charge on any atom is 0.223 e. The maximum atomic E-state index is 11.8. The normalized spacial score (nSPS) is 34.0. The van der Waals surface area contributed by atoms with E-state index in [1.165, 1.54) is 6.42 Å². The van der Waals surface area contributed by atoms with Crippen LogP contribution >= 0.6 is 0 Å². The van der Waals surface area contributed by atoms with Gasteiger partial charge in [-0.05, 0) is 43.9 Å². The molecule has 17 heavy (non-hydrogen) atoms. The van der Waals surface area contributed by atoms with Crippen molar-refractivity contribution < 1.29 is 9.59 Å². The highest BCUT2D eigenvalue weighted by Gasteiger charge is 2.47. The van der Waals surface area contributed by atoms with Crippen LogP contribution < -0.4 is 10.6 Å². The van der Waals surface area contributed by atoms with Gasteiger partial charge in [-0.1, -0.05) is 0 Å². The molecular weight excluding hydrogens is 216 g/mol. The Morgan fingerprint density at radius 3 is 1.88 bits per heavy atom. The van der Waals surface area contributed by atoms with E-state index < -0.39 is 0 Å². The summed E-state index contributed by atoms with van der Waals surface area (Å²) in [5, 5.41) is 5.78. The van der Waals surface area contributed by atoms with Crippen LogP contribution in [0.2, 0.25) is 0 Å². The third-order valence-corrected chi connectivity index (χ3v) is 4.29. The van der Waals surface area contributed by atoms with Gasteiger partial charge in [0.1, 0.15) is 0 Å². The van der Waals surface area contributed by atoms with E-state index in [2.05, 4.69) is 10.6 Å². The highest BCUT2D eigenvalue weighted by molar-refractivity contribution is 5.81. The quantitative estimate of drug-likeness (QED) is 0.689. The van der Waals surface area contributed by atoms with E-state index in [0.717, 1.165) is 37.5 Å². The van der Waals surface area contributed by atoms with E-state index in [-0.39, 0.29) is 23.7 Å². The number of rotatable bonds is 5. The molecule has 0 saturated heterocycles. The Hall–Kier alpha value is -1.06. The van der Waals surface area contributed by atoms with Gasteiger partial charge in [-0.2, -0.15) is 0 Å². The van der Waals surface area contributed by atoms with Crippen molar-refractivity contribution in [2.24, 2.45) is 23.7 Å². The first-order valence-corrected chi connectivity index (χ1v) is 6.79. The lowest BCUT2D eigenvalue weighted by molar-refractivity contribution is -0.126. The second kappa shape index (κ2) is 4.31. The Morgan fingerprint density at radius 1 is 0.824 bits per heavy atom. The number of fused-ring (bicyclic) bond motifs is 1. The molecule has 0 aromatic carbocycles. The van der Waals surface area contributed by atoms with Crippen molar-refractivity contribution in [1.29, 1.82) is 0 Å². The summed E-state index contributed by atoms with van der Waals surface area (Å²) in [6, 6.07) is 0. The predicted molar refractivity (Wildman–Crippen MR) is 63.1 cm³/mol. The summed E-state index contributed by atoms with van der Waals surface area (Å²) >= 11 is 0. The summed E-state index contributed by atoms with van der Waals surface area (Å²) in [6.45, 7) is 1.14. The third-order valence-electron chi connectivity index (χ3n) is 4.29. The topological polar surface area (TPSA) is 58.2 Å². The molecule has 0 aliphatic heterocycles. The van der Waals surface area contributed by atoms with Crippen LogP contribution in [0.5, 0.6) is 0 Å². The van der Waals surface area contributed by atoms with Gasteiger partial charge in [-0.15, -0.1) is 0 Å². The van der Waals surface area contributed by atoms with Crippen molar-refractivity contribution in [1.82, 2.24) is 10.6 Å². The zero-order valence-electron chi connectivity index (χ0n) is 10.1. The first-order chi connectivity index (χ1) is 8.24. The van der Waals surface area contributed by atoms with Crippen molar-refractivity contribution >= 4 is 11.8 Å². The van der Waals surface area contributed by atoms with Gasteiger partial charge >= 0.3 is 0 Å². The molecule has 0 aromatic rings. The second-order valence-corrected chi connectivity index (χ2v) is 5.78. The van der Waals surface area contributed by atoms with Crippen molar-refractivity contribution in [3.63, 3.8) is 0 Å². The zero-order valence-corrected chi connectivity index (χ0v) is 10.1. The van der Waals surface area contributed by atoms with Crippen LogP contribution in [-0.2, 0) is 9.59 Å². The molecule has 4 nitrogen and oxygen atoms in total. The Kier molecular flexibility index (Phi) is 2.81. The summed E-state index contributed by atoms with van der Waals surface area (Å²) in [5.41, 5.74) is 0. The first kappa shape index (κ1) is 11.1. The van der Waals surface area contributed by atoms with Crippen molar-refractivity contribution in [2.75, 3.05) is 13.1 Å². The van der Waals surface area contributed by atoms with Crippen molar-refractivity contribution in [3.8, 4) is 0 Å². The summed E-state index contributed by atoms with van der Waals surface area (Å²) in [4.78, 5) is 23.1. The van der Waals surface area contributed by atoms with Gasteiger partial charge in [-0.3, -0.25) is 9.59 Å². The minimum absolute atomic E-state index is 0.154. The predicted octanol–water partition coefficient (Wildman–Crippen LogP) is 0.675. The van der Waals surface area contributed by atoms with Gasteiger partial charge in [-0.25, -0.2) is 0 Å². The molecule has 94 valence electrons. The van der Waals surface area contributed by atoms with E-state index in [1.54, 1.807) is 0 Å². The van der Waals surface area contributed by atoms with E-state index in [9.17, 15) is 9.59 Å². The van der Waals surface area contributed by atoms with Gasteiger partial charge in [0.25, 0.3) is 0 Å². The van der Waals surface area contributed by atoms with Gasteiger partial charge in [0.15, 0.2) is 0 Å². The minimum Gasteiger partial charge on any atom is -0.354 e. The molecule has 4 heteroatoms. The lowest BCUT2D eigenvalue weighted by Gasteiger charge is -2.12. The van der Waals surface area contributed by atoms with Crippen LogP contribution in [0.25, 0.3) is 0 Å². The standard InChI is InChI=1S/C13H20N2O2/c16-12(8-1-2-8)14-3-4-15-13(17)11-6-9-5-10(9)7-11/h8-11H,1-7H2,(H,14,16)(H,15,17). The van der Waals surface area contributed by atoms with Crippen molar-refractivity contribution in [3.05, 3.63) is 0 Å². The number of hydrogen-bond acceptors (Lipinski definition) is 2. The molecule has 3 aliphatic rings. The molecule has 2 atom stereocenters. The number of carbonyl (C=O) groups excluding carboxylic acids is 2. The smallest absolute Gasteiger partial charge is 0.223 e. The molecule has 0 bridgehead atoms. The molecule has 2 amide bonds. The minimum atomic E-state index is 0.154. The molecule has 3 aliphatic carbocycles. The fraction of sp³-hybridized carbons (Fsp3) is 0.846. The van der Waals surface area contributed by atoms with Gasteiger partial charge in [0.05, 0.1) is 0 Å². The van der Waals surface area contributed by atoms with E-state index in [1.807, 2.05) is 0 Å². The summed E-state index contributed by atoms with van der Waals surface area (Å²) in [7, 11) is 0. The molecule has 3 saturated carbocycles. The summed E-state index contributed by atoms with van der Waals surface area (Å²) in [5.74, 6) is 2.55. The molecule has 0 spiro atoms. The number of carbonyl (C=O) groups is 2. The summed E-state index contributed by atoms with van der Waals surface area (Å²) in [6.07, 6.45) is 5.59. The lowest BCUT2D eigenvalue weighted by Crippen LogP contribution is -2.37. The first-order valence-electron chi connectivity index (χ1n) is 6.79. The van der Waals surface area contributed by atoms with E-state index in [0.29, 0.717) is 13.1 Å². The molecular formula is C13H20N2O2. The fourth-order valence-electron chi connectivity index (χ4n) is 2.93. The van der Waals surface area contributed by atoms with Gasteiger partial charge < -0.3 is 10.6 Å². The molecule has 3 fully saturated rings. The highest BCUT2D eigenvalue weighted by atomic mass is 16.2. The molecule has 2 unspecified atom stereocenters. The zero-order chi connectivity index (χ0) is 11.8. The largest absolute Gasteiger partial charge is 0.354 e. The molecule has 3 rings (SSSR count). The monoisotopic (exact) mass is 236 g/mol. The van der Waals surface area contributed by atoms with Crippen LogP contribution in [0, 0.1) is 23.7 Å². The Bertz CT molecular complexity index is 328. The van der Waals surface area contributed by atoms with Crippen LogP contribution in [0.15, 0.2) is 0 Å². The molecule has 2 N–H and O–H groups in total. The second-order valence-electron chi connectivity index (χ2n) is 5.78. The number of nitrogens with one attached hydrogen (secondary N) is 2. The summed E-state index contributed by atoms with van der Waals surface area (Å²) < 4.78 is 0.